The highest BCUT2D eigenvalue weighted by atomic mass is 16.5. The van der Waals surface area contributed by atoms with Gasteiger partial charge in [-0.25, -0.2) is 0 Å². The molecule has 1 heterocycles. The average Bonchev–Trinajstić information content (AvgIpc) is 2.54. The van der Waals surface area contributed by atoms with Gasteiger partial charge >= 0.3 is 0 Å². The summed E-state index contributed by atoms with van der Waals surface area (Å²) in [6.07, 6.45) is 1.91. The van der Waals surface area contributed by atoms with Gasteiger partial charge in [0.2, 0.25) is 5.91 Å². The van der Waals surface area contributed by atoms with Crippen molar-refractivity contribution in [1.29, 1.82) is 5.26 Å². The average molecular weight is 272 g/mol. The summed E-state index contributed by atoms with van der Waals surface area (Å²) in [5.74, 6) is -0.132. The predicted octanol–water partition coefficient (Wildman–Crippen LogP) is 2.53. The first kappa shape index (κ1) is 14.5. The molecule has 1 aliphatic rings. The summed E-state index contributed by atoms with van der Waals surface area (Å²) in [5, 5.41) is 9.44. The molecule has 0 unspecified atom stereocenters. The van der Waals surface area contributed by atoms with E-state index in [0.717, 1.165) is 12.1 Å². The summed E-state index contributed by atoms with van der Waals surface area (Å²) in [7, 11) is 1.73. The van der Waals surface area contributed by atoms with Crippen LogP contribution in [0, 0.1) is 16.7 Å². The van der Waals surface area contributed by atoms with Crippen molar-refractivity contribution in [2.45, 2.75) is 26.2 Å². The SMILES string of the molecule is CCc1ccc(N(C)C(=O)C2(C#N)CCOCC2)cc1. The molecule has 4 nitrogen and oxygen atoms in total. The van der Waals surface area contributed by atoms with Crippen molar-refractivity contribution in [1.82, 2.24) is 0 Å². The summed E-state index contributed by atoms with van der Waals surface area (Å²) in [6.45, 7) is 3.04. The van der Waals surface area contributed by atoms with E-state index < -0.39 is 5.41 Å². The molecule has 2 rings (SSSR count). The fourth-order valence-corrected chi connectivity index (χ4v) is 2.49. The number of carbonyl (C=O) groups excluding carboxylic acids is 1. The molecule has 0 N–H and O–H groups in total. The molecule has 1 aromatic rings. The lowest BCUT2D eigenvalue weighted by Crippen LogP contribution is -2.44. The van der Waals surface area contributed by atoms with Gasteiger partial charge in [0.15, 0.2) is 0 Å². The van der Waals surface area contributed by atoms with Crippen LogP contribution in [0.4, 0.5) is 5.69 Å². The van der Waals surface area contributed by atoms with Gasteiger partial charge < -0.3 is 9.64 Å². The summed E-state index contributed by atoms with van der Waals surface area (Å²) >= 11 is 0. The molecule has 20 heavy (non-hydrogen) atoms. The van der Waals surface area contributed by atoms with Crippen LogP contribution in [0.15, 0.2) is 24.3 Å². The number of benzene rings is 1. The van der Waals surface area contributed by atoms with E-state index >= 15 is 0 Å². The number of anilines is 1. The third kappa shape index (κ3) is 2.68. The lowest BCUT2D eigenvalue weighted by atomic mass is 9.80. The van der Waals surface area contributed by atoms with Gasteiger partial charge in [-0.3, -0.25) is 4.79 Å². The Bertz CT molecular complexity index is 510. The minimum absolute atomic E-state index is 0.132. The number of amides is 1. The molecule has 0 aromatic heterocycles. The standard InChI is InChI=1S/C16H20N2O2/c1-3-13-4-6-14(7-5-13)18(2)15(19)16(12-17)8-10-20-11-9-16/h4-7H,3,8-11H2,1-2H3. The van der Waals surface area contributed by atoms with E-state index in [2.05, 4.69) is 13.0 Å². The van der Waals surface area contributed by atoms with Crippen LogP contribution in [0.2, 0.25) is 0 Å². The molecule has 106 valence electrons. The molecule has 0 radical (unpaired) electrons. The highest BCUT2D eigenvalue weighted by Gasteiger charge is 2.42. The third-order valence-corrected chi connectivity index (χ3v) is 4.01. The molecule has 0 saturated carbocycles. The zero-order valence-electron chi connectivity index (χ0n) is 12.1. The van der Waals surface area contributed by atoms with E-state index in [1.165, 1.54) is 5.56 Å². The highest BCUT2D eigenvalue weighted by molar-refractivity contribution is 5.99. The monoisotopic (exact) mass is 272 g/mol. The van der Waals surface area contributed by atoms with Crippen molar-refractivity contribution < 1.29 is 9.53 Å². The molecule has 1 amide bonds. The van der Waals surface area contributed by atoms with E-state index in [1.54, 1.807) is 11.9 Å². The maximum absolute atomic E-state index is 12.7. The summed E-state index contributed by atoms with van der Waals surface area (Å²) in [4.78, 5) is 14.2. The van der Waals surface area contributed by atoms with Crippen LogP contribution in [0.3, 0.4) is 0 Å². The van der Waals surface area contributed by atoms with Crippen LogP contribution in [-0.4, -0.2) is 26.2 Å². The fourth-order valence-electron chi connectivity index (χ4n) is 2.49. The van der Waals surface area contributed by atoms with Crippen LogP contribution >= 0.6 is 0 Å². The van der Waals surface area contributed by atoms with Crippen molar-refractivity contribution in [3.63, 3.8) is 0 Å². The van der Waals surface area contributed by atoms with Gasteiger partial charge in [-0.1, -0.05) is 19.1 Å². The van der Waals surface area contributed by atoms with E-state index in [1.807, 2.05) is 24.3 Å². The Kier molecular flexibility index (Phi) is 4.41. The topological polar surface area (TPSA) is 53.3 Å². The second-order valence-electron chi connectivity index (χ2n) is 5.19. The smallest absolute Gasteiger partial charge is 0.247 e. The zero-order chi connectivity index (χ0) is 14.6. The molecule has 1 aromatic carbocycles. The maximum Gasteiger partial charge on any atom is 0.247 e. The molecule has 0 aliphatic carbocycles. The van der Waals surface area contributed by atoms with E-state index in [9.17, 15) is 10.1 Å². The maximum atomic E-state index is 12.7. The third-order valence-electron chi connectivity index (χ3n) is 4.01. The predicted molar refractivity (Wildman–Crippen MR) is 77.3 cm³/mol. The number of aryl methyl sites for hydroxylation is 1. The molecule has 0 spiro atoms. The molecule has 1 saturated heterocycles. The van der Waals surface area contributed by atoms with Crippen LogP contribution in [0.25, 0.3) is 0 Å². The first-order chi connectivity index (χ1) is 9.63. The lowest BCUT2D eigenvalue weighted by molar-refractivity contribution is -0.129. The molecule has 4 heteroatoms. The van der Waals surface area contributed by atoms with E-state index in [-0.39, 0.29) is 5.91 Å². The molecular weight excluding hydrogens is 252 g/mol. The van der Waals surface area contributed by atoms with Crippen molar-refractivity contribution in [3.05, 3.63) is 29.8 Å². The number of carbonyl (C=O) groups is 1. The van der Waals surface area contributed by atoms with Gasteiger partial charge in [0.05, 0.1) is 6.07 Å². The first-order valence-electron chi connectivity index (χ1n) is 6.99. The van der Waals surface area contributed by atoms with Gasteiger partial charge in [-0.05, 0) is 37.0 Å². The second-order valence-corrected chi connectivity index (χ2v) is 5.19. The number of rotatable bonds is 3. The minimum Gasteiger partial charge on any atom is -0.381 e. The zero-order valence-corrected chi connectivity index (χ0v) is 12.1. The number of nitriles is 1. The highest BCUT2D eigenvalue weighted by Crippen LogP contribution is 2.33. The van der Waals surface area contributed by atoms with E-state index in [0.29, 0.717) is 26.1 Å². The van der Waals surface area contributed by atoms with Crippen molar-refractivity contribution in [3.8, 4) is 6.07 Å². The molecule has 0 bridgehead atoms. The normalized spacial score (nSPS) is 17.2. The summed E-state index contributed by atoms with van der Waals surface area (Å²) < 4.78 is 5.27. The van der Waals surface area contributed by atoms with Gasteiger partial charge in [0.1, 0.15) is 5.41 Å². The molecular formula is C16H20N2O2. The van der Waals surface area contributed by atoms with Crippen LogP contribution < -0.4 is 4.90 Å². The van der Waals surface area contributed by atoms with Gasteiger partial charge in [-0.15, -0.1) is 0 Å². The Labute approximate surface area is 120 Å². The van der Waals surface area contributed by atoms with Gasteiger partial charge in [-0.2, -0.15) is 5.26 Å². The quantitative estimate of drug-likeness (QED) is 0.849. The van der Waals surface area contributed by atoms with Crippen LogP contribution in [0.5, 0.6) is 0 Å². The summed E-state index contributed by atoms with van der Waals surface area (Å²) in [6, 6.07) is 10.1. The fraction of sp³-hybridized carbons (Fsp3) is 0.500. The van der Waals surface area contributed by atoms with E-state index in [4.69, 9.17) is 4.74 Å². The lowest BCUT2D eigenvalue weighted by Gasteiger charge is -2.33. The molecule has 1 aliphatic heterocycles. The number of nitrogens with zero attached hydrogens (tertiary/aromatic N) is 2. The van der Waals surface area contributed by atoms with Crippen molar-refractivity contribution >= 4 is 11.6 Å². The van der Waals surface area contributed by atoms with Crippen molar-refractivity contribution in [2.75, 3.05) is 25.2 Å². The Morgan fingerprint density at radius 2 is 1.95 bits per heavy atom. The molecule has 0 atom stereocenters. The Hall–Kier alpha value is -1.86. The minimum atomic E-state index is -0.934. The largest absolute Gasteiger partial charge is 0.381 e. The number of ether oxygens (including phenoxy) is 1. The van der Waals surface area contributed by atoms with Gasteiger partial charge in [0, 0.05) is 25.9 Å². The Balaban J connectivity index is 2.20. The van der Waals surface area contributed by atoms with Crippen LogP contribution in [-0.2, 0) is 16.0 Å². The Morgan fingerprint density at radius 3 is 2.45 bits per heavy atom. The Morgan fingerprint density at radius 1 is 1.35 bits per heavy atom. The number of hydrogen-bond donors (Lipinski definition) is 0. The van der Waals surface area contributed by atoms with Gasteiger partial charge in [0.25, 0.3) is 0 Å². The second kappa shape index (κ2) is 6.06. The van der Waals surface area contributed by atoms with Crippen LogP contribution in [0.1, 0.15) is 25.3 Å². The number of hydrogen-bond acceptors (Lipinski definition) is 3. The first-order valence-corrected chi connectivity index (χ1v) is 6.99. The molecule has 1 fully saturated rings. The van der Waals surface area contributed by atoms with Crippen molar-refractivity contribution in [2.24, 2.45) is 5.41 Å². The summed E-state index contributed by atoms with van der Waals surface area (Å²) in [5.41, 5.74) is 1.13.